The van der Waals surface area contributed by atoms with Crippen molar-refractivity contribution in [3.8, 4) is 17.2 Å². The van der Waals surface area contributed by atoms with Crippen LogP contribution in [0, 0.1) is 0 Å². The van der Waals surface area contributed by atoms with E-state index in [2.05, 4.69) is 22.1 Å². The Morgan fingerprint density at radius 2 is 1.86 bits per heavy atom. The van der Waals surface area contributed by atoms with Crippen molar-refractivity contribution in [2.75, 3.05) is 40.5 Å². The molecular formula is C27H34ClN3O4. The number of aryl methyl sites for hydroxylation is 1. The Morgan fingerprint density at radius 3 is 2.57 bits per heavy atom. The average molecular weight is 500 g/mol. The molecule has 188 valence electrons. The fourth-order valence-electron chi connectivity index (χ4n) is 4.33. The monoisotopic (exact) mass is 499 g/mol. The van der Waals surface area contributed by atoms with Crippen LogP contribution in [0.15, 0.2) is 60.9 Å². The first kappa shape index (κ1) is 25.4. The molecule has 2 aromatic carbocycles. The molecule has 0 unspecified atom stereocenters. The van der Waals surface area contributed by atoms with Gasteiger partial charge < -0.3 is 18.9 Å². The summed E-state index contributed by atoms with van der Waals surface area (Å²) in [5, 5.41) is 4.90. The van der Waals surface area contributed by atoms with E-state index in [4.69, 9.17) is 30.5 Å². The summed E-state index contributed by atoms with van der Waals surface area (Å²) < 4.78 is 25.4. The molecule has 2 heterocycles. The van der Waals surface area contributed by atoms with Crippen LogP contribution >= 0.6 is 11.6 Å². The van der Waals surface area contributed by atoms with Gasteiger partial charge in [-0.25, -0.2) is 0 Å². The van der Waals surface area contributed by atoms with Gasteiger partial charge in [0.1, 0.15) is 18.0 Å². The van der Waals surface area contributed by atoms with Crippen LogP contribution in [0.1, 0.15) is 24.8 Å². The molecule has 0 aliphatic carbocycles. The fourth-order valence-corrected chi connectivity index (χ4v) is 4.51. The van der Waals surface area contributed by atoms with Crippen LogP contribution in [0.25, 0.3) is 0 Å². The molecule has 0 spiro atoms. The number of hydrogen-bond donors (Lipinski definition) is 0. The zero-order valence-electron chi connectivity index (χ0n) is 20.5. The maximum Gasteiger partial charge on any atom is 0.161 e. The van der Waals surface area contributed by atoms with Crippen LogP contribution < -0.4 is 14.2 Å². The number of piperidine rings is 1. The number of halogens is 1. The van der Waals surface area contributed by atoms with Crippen LogP contribution in [-0.4, -0.2) is 60.8 Å². The molecule has 0 bridgehead atoms. The van der Waals surface area contributed by atoms with Gasteiger partial charge in [-0.1, -0.05) is 23.7 Å². The lowest BCUT2D eigenvalue weighted by molar-refractivity contribution is -0.0839. The summed E-state index contributed by atoms with van der Waals surface area (Å²) in [5.74, 6) is 2.30. The largest absolute Gasteiger partial charge is 0.493 e. The molecule has 8 heteroatoms. The van der Waals surface area contributed by atoms with E-state index in [0.717, 1.165) is 62.7 Å². The number of methoxy groups -OCH3 is 2. The molecule has 1 aromatic heterocycles. The molecule has 1 saturated heterocycles. The second kappa shape index (κ2) is 12.3. The van der Waals surface area contributed by atoms with E-state index < -0.39 is 0 Å². The van der Waals surface area contributed by atoms with Crippen molar-refractivity contribution in [2.45, 2.75) is 38.0 Å². The summed E-state index contributed by atoms with van der Waals surface area (Å²) in [5.41, 5.74) is 0.912. The van der Waals surface area contributed by atoms with Gasteiger partial charge in [-0.15, -0.1) is 0 Å². The van der Waals surface area contributed by atoms with E-state index in [1.165, 1.54) is 5.56 Å². The highest BCUT2D eigenvalue weighted by Gasteiger charge is 2.35. The smallest absolute Gasteiger partial charge is 0.161 e. The Balaban J connectivity index is 1.28. The lowest BCUT2D eigenvalue weighted by atomic mass is 9.91. The minimum atomic E-state index is -0.290. The van der Waals surface area contributed by atoms with Crippen molar-refractivity contribution in [2.24, 2.45) is 0 Å². The average Bonchev–Trinajstić information content (AvgIpc) is 3.40. The molecule has 0 radical (unpaired) electrons. The first-order valence-corrected chi connectivity index (χ1v) is 12.4. The number of likely N-dealkylation sites (tertiary alicyclic amines) is 1. The molecule has 1 fully saturated rings. The van der Waals surface area contributed by atoms with Crippen LogP contribution in [-0.2, 0) is 17.8 Å². The summed E-state index contributed by atoms with van der Waals surface area (Å²) >= 11 is 6.08. The predicted molar refractivity (Wildman–Crippen MR) is 137 cm³/mol. The Labute approximate surface area is 212 Å². The molecule has 35 heavy (non-hydrogen) atoms. The molecule has 1 aliphatic heterocycles. The SMILES string of the molecule is COc1ccc(CN2CCC(COc3cccc(Cl)c3)(OC)CC2)cc1OCCCn1cccn1. The summed E-state index contributed by atoms with van der Waals surface area (Å²) in [6, 6.07) is 15.6. The van der Waals surface area contributed by atoms with E-state index in [-0.39, 0.29) is 5.60 Å². The van der Waals surface area contributed by atoms with E-state index in [0.29, 0.717) is 18.2 Å². The van der Waals surface area contributed by atoms with E-state index in [1.54, 1.807) is 20.4 Å². The third kappa shape index (κ3) is 7.13. The van der Waals surface area contributed by atoms with Crippen LogP contribution in [0.3, 0.4) is 0 Å². The Kier molecular flexibility index (Phi) is 8.90. The molecule has 3 aromatic rings. The second-order valence-electron chi connectivity index (χ2n) is 8.87. The minimum Gasteiger partial charge on any atom is -0.493 e. The number of aromatic nitrogens is 2. The summed E-state index contributed by atoms with van der Waals surface area (Å²) in [6.07, 6.45) is 6.42. The van der Waals surface area contributed by atoms with Gasteiger partial charge in [0.2, 0.25) is 0 Å². The van der Waals surface area contributed by atoms with Crippen LogP contribution in [0.4, 0.5) is 0 Å². The molecule has 7 nitrogen and oxygen atoms in total. The first-order valence-electron chi connectivity index (χ1n) is 12.0. The number of benzene rings is 2. The minimum absolute atomic E-state index is 0.290. The van der Waals surface area contributed by atoms with Gasteiger partial charge >= 0.3 is 0 Å². The van der Waals surface area contributed by atoms with Gasteiger partial charge in [0.05, 0.1) is 13.7 Å². The van der Waals surface area contributed by atoms with Crippen molar-refractivity contribution < 1.29 is 18.9 Å². The van der Waals surface area contributed by atoms with Crippen LogP contribution in [0.5, 0.6) is 17.2 Å². The lowest BCUT2D eigenvalue weighted by Crippen LogP contribution is -2.48. The maximum atomic E-state index is 6.08. The Morgan fingerprint density at radius 1 is 1.00 bits per heavy atom. The second-order valence-corrected chi connectivity index (χ2v) is 9.30. The fraction of sp³-hybridized carbons (Fsp3) is 0.444. The summed E-state index contributed by atoms with van der Waals surface area (Å²) in [6.45, 7) is 4.65. The number of rotatable bonds is 12. The van der Waals surface area contributed by atoms with Gasteiger partial charge in [0.25, 0.3) is 0 Å². The molecular weight excluding hydrogens is 466 g/mol. The highest BCUT2D eigenvalue weighted by molar-refractivity contribution is 6.30. The van der Waals surface area contributed by atoms with Gasteiger partial charge in [-0.05, 0) is 54.8 Å². The van der Waals surface area contributed by atoms with E-state index >= 15 is 0 Å². The maximum absolute atomic E-state index is 6.08. The molecule has 0 saturated carbocycles. The Hall–Kier alpha value is -2.74. The molecule has 0 atom stereocenters. The predicted octanol–water partition coefficient (Wildman–Crippen LogP) is 5.07. The van der Waals surface area contributed by atoms with Crippen molar-refractivity contribution in [3.05, 3.63) is 71.5 Å². The standard InChI is InChI=1S/C27H34ClN3O4/c1-32-25-9-8-22(18-26(25)34-17-5-14-31-13-4-12-29-31)20-30-15-10-27(33-2,11-16-30)21-35-24-7-3-6-23(28)19-24/h3-4,6-9,12-13,18-19H,5,10-11,14-17,20-21H2,1-2H3. The Bertz CT molecular complexity index is 1050. The van der Waals surface area contributed by atoms with Gasteiger partial charge in [-0.3, -0.25) is 9.58 Å². The highest BCUT2D eigenvalue weighted by atomic mass is 35.5. The van der Waals surface area contributed by atoms with Gasteiger partial charge in [0.15, 0.2) is 11.5 Å². The summed E-state index contributed by atoms with van der Waals surface area (Å²) in [7, 11) is 3.45. The normalized spacial score (nSPS) is 15.6. The van der Waals surface area contributed by atoms with Crippen molar-refractivity contribution in [1.29, 1.82) is 0 Å². The molecule has 4 rings (SSSR count). The highest BCUT2D eigenvalue weighted by Crippen LogP contribution is 2.31. The quantitative estimate of drug-likeness (QED) is 0.324. The zero-order valence-corrected chi connectivity index (χ0v) is 21.2. The third-order valence-electron chi connectivity index (χ3n) is 6.48. The van der Waals surface area contributed by atoms with Crippen molar-refractivity contribution >= 4 is 11.6 Å². The van der Waals surface area contributed by atoms with Gasteiger partial charge in [0, 0.05) is 57.1 Å². The zero-order chi connectivity index (χ0) is 24.5. The number of nitrogens with zero attached hydrogens (tertiary/aromatic N) is 3. The van der Waals surface area contributed by atoms with Crippen LogP contribution in [0.2, 0.25) is 5.02 Å². The summed E-state index contributed by atoms with van der Waals surface area (Å²) in [4.78, 5) is 2.44. The third-order valence-corrected chi connectivity index (χ3v) is 6.72. The van der Waals surface area contributed by atoms with E-state index in [9.17, 15) is 0 Å². The number of ether oxygens (including phenoxy) is 4. The van der Waals surface area contributed by atoms with E-state index in [1.807, 2.05) is 47.3 Å². The lowest BCUT2D eigenvalue weighted by Gasteiger charge is -2.40. The van der Waals surface area contributed by atoms with Crippen molar-refractivity contribution in [3.63, 3.8) is 0 Å². The van der Waals surface area contributed by atoms with Gasteiger partial charge in [-0.2, -0.15) is 5.10 Å². The molecule has 0 N–H and O–H groups in total. The topological polar surface area (TPSA) is 58.0 Å². The first-order chi connectivity index (χ1) is 17.1. The van der Waals surface area contributed by atoms with Crippen molar-refractivity contribution in [1.82, 2.24) is 14.7 Å². The molecule has 1 aliphatic rings. The number of hydrogen-bond acceptors (Lipinski definition) is 6. The molecule has 0 amide bonds.